The molecule has 4 nitrogen and oxygen atoms in total. The van der Waals surface area contributed by atoms with Crippen LogP contribution in [-0.4, -0.2) is 20.1 Å². The first-order valence-corrected chi connectivity index (χ1v) is 9.33. The summed E-state index contributed by atoms with van der Waals surface area (Å²) in [6.45, 7) is 4.28. The van der Waals surface area contributed by atoms with E-state index < -0.39 is 0 Å². The van der Waals surface area contributed by atoms with E-state index in [9.17, 15) is 5.11 Å². The van der Waals surface area contributed by atoms with Gasteiger partial charge in [0.15, 0.2) is 0 Å². The molecular formula is C21H27N3O. The van der Waals surface area contributed by atoms with E-state index in [1.54, 1.807) is 10.9 Å². The normalized spacial score (nSPS) is 11.3. The molecule has 1 aromatic heterocycles. The lowest BCUT2D eigenvalue weighted by Gasteiger charge is -2.07. The highest BCUT2D eigenvalue weighted by Gasteiger charge is 2.10. The molecule has 0 saturated carbocycles. The van der Waals surface area contributed by atoms with E-state index in [4.69, 9.17) is 0 Å². The average molecular weight is 337 g/mol. The fraction of sp³-hybridized carbons (Fsp3) is 0.429. The van der Waals surface area contributed by atoms with Crippen molar-refractivity contribution in [1.29, 1.82) is 0 Å². The molecule has 0 aliphatic rings. The maximum atomic E-state index is 10.2. The standard InChI is InChI=1S/C21H27N3O/c1-3-4-5-6-7-8-9-17-11-13-21(25)20(15-17)24-22-18-12-10-16(2)14-19(18)23-24/h10-15,25H,3-9H2,1-2H3. The summed E-state index contributed by atoms with van der Waals surface area (Å²) < 4.78 is 0. The number of aromatic hydroxyl groups is 1. The maximum absolute atomic E-state index is 10.2. The first kappa shape index (κ1) is 17.5. The zero-order valence-corrected chi connectivity index (χ0v) is 15.2. The summed E-state index contributed by atoms with van der Waals surface area (Å²) in [6.07, 6.45) is 8.73. The van der Waals surface area contributed by atoms with Crippen LogP contribution in [0.4, 0.5) is 0 Å². The number of phenols is 1. The van der Waals surface area contributed by atoms with Gasteiger partial charge >= 0.3 is 0 Å². The Morgan fingerprint density at radius 2 is 1.64 bits per heavy atom. The van der Waals surface area contributed by atoms with Gasteiger partial charge in [-0.25, -0.2) is 0 Å². The summed E-state index contributed by atoms with van der Waals surface area (Å²) in [7, 11) is 0. The second-order valence-electron chi connectivity index (χ2n) is 6.82. The Labute approximate surface area is 149 Å². The zero-order chi connectivity index (χ0) is 17.6. The van der Waals surface area contributed by atoms with Crippen molar-refractivity contribution in [2.45, 2.75) is 58.8 Å². The van der Waals surface area contributed by atoms with E-state index in [1.165, 1.54) is 44.1 Å². The second-order valence-corrected chi connectivity index (χ2v) is 6.82. The molecule has 0 amide bonds. The molecule has 3 aromatic rings. The Hall–Kier alpha value is -2.36. The molecule has 1 N–H and O–H groups in total. The molecule has 4 heteroatoms. The van der Waals surface area contributed by atoms with Gasteiger partial charge < -0.3 is 5.11 Å². The quantitative estimate of drug-likeness (QED) is 0.565. The molecule has 0 aliphatic heterocycles. The number of nitrogens with zero attached hydrogens (tertiary/aromatic N) is 3. The number of hydrogen-bond acceptors (Lipinski definition) is 3. The first-order chi connectivity index (χ1) is 12.2. The summed E-state index contributed by atoms with van der Waals surface area (Å²) in [6, 6.07) is 11.8. The summed E-state index contributed by atoms with van der Waals surface area (Å²) in [5.41, 5.74) is 4.71. The third-order valence-electron chi connectivity index (χ3n) is 4.61. The van der Waals surface area contributed by atoms with Crippen molar-refractivity contribution in [2.75, 3.05) is 0 Å². The molecule has 132 valence electrons. The minimum atomic E-state index is 0.212. The van der Waals surface area contributed by atoms with Gasteiger partial charge in [-0.05, 0) is 55.2 Å². The predicted molar refractivity (Wildman–Crippen MR) is 102 cm³/mol. The summed E-state index contributed by atoms with van der Waals surface area (Å²) in [5.74, 6) is 0.212. The van der Waals surface area contributed by atoms with E-state index in [2.05, 4.69) is 17.1 Å². The minimum Gasteiger partial charge on any atom is -0.506 e. The SMILES string of the molecule is CCCCCCCCc1ccc(O)c(-n2nc3ccc(C)cc3n2)c1. The van der Waals surface area contributed by atoms with Crippen LogP contribution in [0.3, 0.4) is 0 Å². The highest BCUT2D eigenvalue weighted by molar-refractivity contribution is 5.74. The van der Waals surface area contributed by atoms with Gasteiger partial charge in [-0.3, -0.25) is 0 Å². The van der Waals surface area contributed by atoms with Crippen LogP contribution in [0.25, 0.3) is 16.7 Å². The predicted octanol–water partition coefficient (Wildman–Crippen LogP) is 5.34. The molecule has 0 aliphatic carbocycles. The van der Waals surface area contributed by atoms with Gasteiger partial charge in [-0.1, -0.05) is 51.2 Å². The zero-order valence-electron chi connectivity index (χ0n) is 15.2. The van der Waals surface area contributed by atoms with E-state index in [0.29, 0.717) is 5.69 Å². The summed E-state index contributed by atoms with van der Waals surface area (Å²) in [4.78, 5) is 1.55. The monoisotopic (exact) mass is 337 g/mol. The molecule has 0 radical (unpaired) electrons. The molecule has 2 aromatic carbocycles. The molecule has 0 saturated heterocycles. The number of aryl methyl sites for hydroxylation is 2. The van der Waals surface area contributed by atoms with E-state index in [0.717, 1.165) is 23.0 Å². The van der Waals surface area contributed by atoms with Crippen molar-refractivity contribution < 1.29 is 5.11 Å². The lowest BCUT2D eigenvalue weighted by molar-refractivity contribution is 0.467. The molecule has 0 fully saturated rings. The Kier molecular flexibility index (Phi) is 5.69. The fourth-order valence-electron chi connectivity index (χ4n) is 3.13. The van der Waals surface area contributed by atoms with Crippen molar-refractivity contribution in [2.24, 2.45) is 0 Å². The molecule has 25 heavy (non-hydrogen) atoms. The topological polar surface area (TPSA) is 50.9 Å². The van der Waals surface area contributed by atoms with E-state index in [-0.39, 0.29) is 5.75 Å². The Morgan fingerprint density at radius 3 is 2.48 bits per heavy atom. The highest BCUT2D eigenvalue weighted by atomic mass is 16.3. The largest absolute Gasteiger partial charge is 0.506 e. The molecular weight excluding hydrogens is 310 g/mol. The third-order valence-corrected chi connectivity index (χ3v) is 4.61. The van der Waals surface area contributed by atoms with Crippen LogP contribution >= 0.6 is 0 Å². The third kappa shape index (κ3) is 4.38. The number of fused-ring (bicyclic) bond motifs is 1. The van der Waals surface area contributed by atoms with Crippen molar-refractivity contribution in [1.82, 2.24) is 15.0 Å². The smallest absolute Gasteiger partial charge is 0.143 e. The van der Waals surface area contributed by atoms with Gasteiger partial charge in [0.2, 0.25) is 0 Å². The van der Waals surface area contributed by atoms with Gasteiger partial charge in [0, 0.05) is 0 Å². The lowest BCUT2D eigenvalue weighted by Crippen LogP contribution is -2.00. The van der Waals surface area contributed by atoms with Crippen LogP contribution in [0.1, 0.15) is 56.6 Å². The second kappa shape index (κ2) is 8.15. The molecule has 1 heterocycles. The number of aromatic nitrogens is 3. The molecule has 3 rings (SSSR count). The number of benzene rings is 2. The van der Waals surface area contributed by atoms with Gasteiger partial charge in [0.05, 0.1) is 0 Å². The van der Waals surface area contributed by atoms with Crippen molar-refractivity contribution in [3.63, 3.8) is 0 Å². The summed E-state index contributed by atoms with van der Waals surface area (Å²) in [5, 5.41) is 19.3. The van der Waals surface area contributed by atoms with Crippen LogP contribution in [0.15, 0.2) is 36.4 Å². The molecule has 0 atom stereocenters. The Balaban J connectivity index is 1.72. The molecule has 0 spiro atoms. The van der Waals surface area contributed by atoms with Crippen LogP contribution in [-0.2, 0) is 6.42 Å². The molecule has 0 unspecified atom stereocenters. The van der Waals surface area contributed by atoms with Crippen LogP contribution in [0, 0.1) is 6.92 Å². The van der Waals surface area contributed by atoms with Gasteiger partial charge in [-0.15, -0.1) is 15.0 Å². The first-order valence-electron chi connectivity index (χ1n) is 9.33. The lowest BCUT2D eigenvalue weighted by atomic mass is 10.0. The molecule has 0 bridgehead atoms. The Bertz CT molecular complexity index is 838. The number of hydrogen-bond donors (Lipinski definition) is 1. The van der Waals surface area contributed by atoms with Crippen molar-refractivity contribution in [3.05, 3.63) is 47.5 Å². The maximum Gasteiger partial charge on any atom is 0.143 e. The van der Waals surface area contributed by atoms with E-state index >= 15 is 0 Å². The van der Waals surface area contributed by atoms with E-state index in [1.807, 2.05) is 37.3 Å². The number of phenolic OH excluding ortho intramolecular Hbond substituents is 1. The number of unbranched alkanes of at least 4 members (excludes halogenated alkanes) is 5. The van der Waals surface area contributed by atoms with Gasteiger partial charge in [-0.2, -0.15) is 0 Å². The van der Waals surface area contributed by atoms with Crippen LogP contribution in [0.2, 0.25) is 0 Å². The fourth-order valence-corrected chi connectivity index (χ4v) is 3.13. The minimum absolute atomic E-state index is 0.212. The van der Waals surface area contributed by atoms with Crippen molar-refractivity contribution in [3.8, 4) is 11.4 Å². The Morgan fingerprint density at radius 1 is 0.880 bits per heavy atom. The van der Waals surface area contributed by atoms with Gasteiger partial charge in [0.25, 0.3) is 0 Å². The highest BCUT2D eigenvalue weighted by Crippen LogP contribution is 2.24. The summed E-state index contributed by atoms with van der Waals surface area (Å²) >= 11 is 0. The average Bonchev–Trinajstić information content (AvgIpc) is 3.02. The van der Waals surface area contributed by atoms with Gasteiger partial charge in [0.1, 0.15) is 22.5 Å². The van der Waals surface area contributed by atoms with Crippen molar-refractivity contribution >= 4 is 11.0 Å². The van der Waals surface area contributed by atoms with Crippen LogP contribution < -0.4 is 0 Å². The number of rotatable bonds is 8. The van der Waals surface area contributed by atoms with Crippen LogP contribution in [0.5, 0.6) is 5.75 Å².